The smallest absolute Gasteiger partial charge is 0.323 e. The number of likely N-dealkylation sites (N-methyl/N-ethyl adjacent to an activating group) is 1. The van der Waals surface area contributed by atoms with Crippen LogP contribution in [0, 0.1) is 5.92 Å². The molecule has 0 amide bonds. The van der Waals surface area contributed by atoms with Gasteiger partial charge in [0, 0.05) is 0 Å². The number of carbonyl (C=O) groups is 1. The van der Waals surface area contributed by atoms with E-state index < -0.39 is 0 Å². The molecule has 1 N–H and O–H groups in total. The first-order chi connectivity index (χ1) is 5.17. The number of hydrogen-bond donors (Lipinski definition) is 1. The van der Waals surface area contributed by atoms with Crippen LogP contribution in [0.15, 0.2) is 0 Å². The molecular formula is C8H17NO2. The second kappa shape index (κ2) is 5.13. The van der Waals surface area contributed by atoms with Gasteiger partial charge in [-0.15, -0.1) is 0 Å². The fourth-order valence-corrected chi connectivity index (χ4v) is 0.997. The molecule has 0 aliphatic heterocycles. The average molecular weight is 159 g/mol. The Balaban J connectivity index is 4.03. The Bertz CT molecular complexity index is 125. The Labute approximate surface area is 68.1 Å². The summed E-state index contributed by atoms with van der Waals surface area (Å²) in [7, 11) is 3.18. The molecule has 0 aliphatic carbocycles. The zero-order chi connectivity index (χ0) is 8.85. The Morgan fingerprint density at radius 3 is 2.45 bits per heavy atom. The summed E-state index contributed by atoms with van der Waals surface area (Å²) in [5, 5.41) is 2.93. The third kappa shape index (κ3) is 2.89. The summed E-state index contributed by atoms with van der Waals surface area (Å²) in [5.74, 6) is 0.148. The van der Waals surface area contributed by atoms with E-state index in [0.717, 1.165) is 6.42 Å². The largest absolute Gasteiger partial charge is 0.468 e. The Morgan fingerprint density at radius 2 is 2.18 bits per heavy atom. The maximum atomic E-state index is 11.1. The molecule has 3 heteroatoms. The van der Waals surface area contributed by atoms with Crippen molar-refractivity contribution < 1.29 is 9.53 Å². The van der Waals surface area contributed by atoms with Crippen LogP contribution in [0.5, 0.6) is 0 Å². The highest BCUT2D eigenvalue weighted by atomic mass is 16.5. The first kappa shape index (κ1) is 10.4. The predicted molar refractivity (Wildman–Crippen MR) is 44.3 cm³/mol. The monoisotopic (exact) mass is 159 g/mol. The van der Waals surface area contributed by atoms with Crippen molar-refractivity contribution in [1.82, 2.24) is 5.32 Å². The van der Waals surface area contributed by atoms with Crippen LogP contribution in [0.2, 0.25) is 0 Å². The highest BCUT2D eigenvalue weighted by molar-refractivity contribution is 5.75. The van der Waals surface area contributed by atoms with Gasteiger partial charge in [-0.1, -0.05) is 20.3 Å². The Kier molecular flexibility index (Phi) is 4.86. The lowest BCUT2D eigenvalue weighted by Gasteiger charge is -2.19. The van der Waals surface area contributed by atoms with Crippen LogP contribution in [-0.4, -0.2) is 26.2 Å². The van der Waals surface area contributed by atoms with Crippen molar-refractivity contribution in [3.8, 4) is 0 Å². The van der Waals surface area contributed by atoms with E-state index in [4.69, 9.17) is 0 Å². The number of nitrogens with one attached hydrogen (secondary N) is 1. The highest BCUT2D eigenvalue weighted by Crippen LogP contribution is 2.07. The first-order valence-corrected chi connectivity index (χ1v) is 3.92. The van der Waals surface area contributed by atoms with Crippen molar-refractivity contribution in [2.45, 2.75) is 26.3 Å². The normalized spacial score (nSPS) is 15.6. The third-order valence-electron chi connectivity index (χ3n) is 1.98. The minimum atomic E-state index is -0.179. The Hall–Kier alpha value is -0.570. The second-order valence-electron chi connectivity index (χ2n) is 2.68. The lowest BCUT2D eigenvalue weighted by atomic mass is 10.00. The van der Waals surface area contributed by atoms with Crippen LogP contribution < -0.4 is 5.32 Å². The molecule has 3 nitrogen and oxygen atoms in total. The Morgan fingerprint density at radius 1 is 1.64 bits per heavy atom. The molecule has 0 bridgehead atoms. The molecule has 0 saturated heterocycles. The summed E-state index contributed by atoms with van der Waals surface area (Å²) in [5.41, 5.74) is 0. The zero-order valence-corrected chi connectivity index (χ0v) is 7.68. The molecule has 2 unspecified atom stereocenters. The predicted octanol–water partition coefficient (Wildman–Crippen LogP) is 0.793. The topological polar surface area (TPSA) is 38.3 Å². The van der Waals surface area contributed by atoms with Crippen molar-refractivity contribution in [2.75, 3.05) is 14.2 Å². The summed E-state index contributed by atoms with van der Waals surface area (Å²) in [6.07, 6.45) is 0.973. The van der Waals surface area contributed by atoms with Gasteiger partial charge in [0.05, 0.1) is 7.11 Å². The van der Waals surface area contributed by atoms with Crippen molar-refractivity contribution in [2.24, 2.45) is 5.92 Å². The van der Waals surface area contributed by atoms with E-state index in [9.17, 15) is 4.79 Å². The fourth-order valence-electron chi connectivity index (χ4n) is 0.997. The van der Waals surface area contributed by atoms with E-state index in [2.05, 4.69) is 17.0 Å². The molecule has 2 atom stereocenters. The van der Waals surface area contributed by atoms with Gasteiger partial charge in [0.2, 0.25) is 0 Å². The van der Waals surface area contributed by atoms with Crippen LogP contribution in [0.4, 0.5) is 0 Å². The molecule has 0 aliphatic rings. The number of methoxy groups -OCH3 is 1. The fraction of sp³-hybridized carbons (Fsp3) is 0.875. The second-order valence-corrected chi connectivity index (χ2v) is 2.68. The maximum Gasteiger partial charge on any atom is 0.323 e. The third-order valence-corrected chi connectivity index (χ3v) is 1.98. The van der Waals surface area contributed by atoms with Crippen LogP contribution in [-0.2, 0) is 9.53 Å². The van der Waals surface area contributed by atoms with Crippen molar-refractivity contribution in [3.63, 3.8) is 0 Å². The number of esters is 1. The van der Waals surface area contributed by atoms with Crippen LogP contribution in [0.25, 0.3) is 0 Å². The summed E-state index contributed by atoms with van der Waals surface area (Å²) in [6.45, 7) is 4.08. The van der Waals surface area contributed by atoms with Gasteiger partial charge in [-0.25, -0.2) is 0 Å². The average Bonchev–Trinajstić information content (AvgIpc) is 2.05. The molecule has 0 aromatic carbocycles. The maximum absolute atomic E-state index is 11.1. The van der Waals surface area contributed by atoms with Gasteiger partial charge in [0.1, 0.15) is 6.04 Å². The van der Waals surface area contributed by atoms with Gasteiger partial charge in [0.15, 0.2) is 0 Å². The lowest BCUT2D eigenvalue weighted by molar-refractivity contribution is -0.144. The molecule has 66 valence electrons. The van der Waals surface area contributed by atoms with Gasteiger partial charge in [-0.2, -0.15) is 0 Å². The van der Waals surface area contributed by atoms with Crippen LogP contribution in [0.1, 0.15) is 20.3 Å². The van der Waals surface area contributed by atoms with Crippen molar-refractivity contribution in [1.29, 1.82) is 0 Å². The van der Waals surface area contributed by atoms with Gasteiger partial charge >= 0.3 is 5.97 Å². The minimum absolute atomic E-state index is 0.162. The molecule has 0 radical (unpaired) electrons. The summed E-state index contributed by atoms with van der Waals surface area (Å²) in [6, 6.07) is -0.162. The number of ether oxygens (including phenoxy) is 1. The van der Waals surface area contributed by atoms with Crippen molar-refractivity contribution in [3.05, 3.63) is 0 Å². The van der Waals surface area contributed by atoms with Gasteiger partial charge in [-0.3, -0.25) is 4.79 Å². The minimum Gasteiger partial charge on any atom is -0.468 e. The quantitative estimate of drug-likeness (QED) is 0.616. The van der Waals surface area contributed by atoms with Gasteiger partial charge in [-0.05, 0) is 13.0 Å². The van der Waals surface area contributed by atoms with Crippen LogP contribution in [0.3, 0.4) is 0 Å². The van der Waals surface area contributed by atoms with E-state index in [1.54, 1.807) is 7.05 Å². The summed E-state index contributed by atoms with van der Waals surface area (Å²) in [4.78, 5) is 11.1. The van der Waals surface area contributed by atoms with E-state index in [1.165, 1.54) is 7.11 Å². The van der Waals surface area contributed by atoms with Gasteiger partial charge in [0.25, 0.3) is 0 Å². The zero-order valence-electron chi connectivity index (χ0n) is 7.68. The number of carbonyl (C=O) groups excluding carboxylic acids is 1. The molecule has 0 rings (SSSR count). The van der Waals surface area contributed by atoms with Crippen molar-refractivity contribution >= 4 is 5.97 Å². The molecule has 0 aromatic heterocycles. The molecular weight excluding hydrogens is 142 g/mol. The lowest BCUT2D eigenvalue weighted by Crippen LogP contribution is -2.40. The van der Waals surface area contributed by atoms with E-state index in [-0.39, 0.29) is 12.0 Å². The van der Waals surface area contributed by atoms with Gasteiger partial charge < -0.3 is 10.1 Å². The van der Waals surface area contributed by atoms with E-state index in [0.29, 0.717) is 5.92 Å². The molecule has 0 aromatic rings. The molecule has 0 saturated carbocycles. The summed E-state index contributed by atoms with van der Waals surface area (Å²) < 4.78 is 4.62. The molecule has 11 heavy (non-hydrogen) atoms. The summed E-state index contributed by atoms with van der Waals surface area (Å²) >= 11 is 0. The first-order valence-electron chi connectivity index (χ1n) is 3.92. The number of hydrogen-bond acceptors (Lipinski definition) is 3. The molecule has 0 spiro atoms. The molecule has 0 heterocycles. The highest BCUT2D eigenvalue weighted by Gasteiger charge is 2.22. The number of rotatable bonds is 4. The molecule has 0 fully saturated rings. The van der Waals surface area contributed by atoms with E-state index >= 15 is 0 Å². The SMILES string of the molecule is CCC(C)C(NC)C(=O)OC. The van der Waals surface area contributed by atoms with Crippen LogP contribution >= 0.6 is 0 Å². The standard InChI is InChI=1S/C8H17NO2/c1-5-6(2)7(9-3)8(10)11-4/h6-7,9H,5H2,1-4H3. The van der Waals surface area contributed by atoms with E-state index in [1.807, 2.05) is 6.92 Å².